The lowest BCUT2D eigenvalue weighted by molar-refractivity contribution is 1.54. The van der Waals surface area contributed by atoms with Gasteiger partial charge in [-0.2, -0.15) is 0 Å². The lowest BCUT2D eigenvalue weighted by Gasteiger charge is -2.17. The van der Waals surface area contributed by atoms with Crippen molar-refractivity contribution in [3.05, 3.63) is 71.8 Å². The molecule has 0 N–H and O–H groups in total. The normalized spacial score (nSPS) is 12.1. The number of benzene rings is 5. The van der Waals surface area contributed by atoms with Gasteiger partial charge in [0.15, 0.2) is 0 Å². The fraction of sp³-hybridized carbons (Fsp3) is 0.0909. The Morgan fingerprint density at radius 3 is 1.36 bits per heavy atom. The van der Waals surface area contributed by atoms with Crippen LogP contribution in [-0.4, -0.2) is 0 Å². The fourth-order valence-electron chi connectivity index (χ4n) is 4.08. The van der Waals surface area contributed by atoms with Crippen LogP contribution < -0.4 is 0 Å². The maximum atomic E-state index is 2.28. The van der Waals surface area contributed by atoms with Crippen molar-refractivity contribution in [2.75, 3.05) is 0 Å². The predicted molar refractivity (Wildman–Crippen MR) is 97.1 cm³/mol. The first kappa shape index (κ1) is 12.0. The number of fused-ring (bicyclic) bond motifs is 2. The molecular weight excluding hydrogens is 264 g/mol. The van der Waals surface area contributed by atoms with Crippen molar-refractivity contribution in [3.8, 4) is 0 Å². The standard InChI is InChI=1S/C22H16/c1-13-9-11-15-5-4-8-18-20-14(2)10-12-16-6-3-7-17(22(16)20)19(13)21(15)18/h3-12H,1-2H3. The molecule has 0 saturated heterocycles. The van der Waals surface area contributed by atoms with Gasteiger partial charge in [-0.3, -0.25) is 0 Å². The van der Waals surface area contributed by atoms with Crippen LogP contribution in [-0.2, 0) is 0 Å². The number of aryl methyl sites for hydroxylation is 2. The molecule has 0 fully saturated rings. The van der Waals surface area contributed by atoms with Crippen LogP contribution in [0.4, 0.5) is 0 Å². The Morgan fingerprint density at radius 2 is 0.909 bits per heavy atom. The van der Waals surface area contributed by atoms with E-state index in [0.29, 0.717) is 0 Å². The minimum Gasteiger partial charge on any atom is -0.0610 e. The third-order valence-electron chi connectivity index (χ3n) is 5.05. The van der Waals surface area contributed by atoms with E-state index in [-0.39, 0.29) is 0 Å². The lowest BCUT2D eigenvalue weighted by atomic mass is 9.86. The molecule has 0 radical (unpaired) electrons. The molecule has 0 atom stereocenters. The van der Waals surface area contributed by atoms with Gasteiger partial charge in [0.1, 0.15) is 0 Å². The van der Waals surface area contributed by atoms with Gasteiger partial charge in [0.2, 0.25) is 0 Å². The van der Waals surface area contributed by atoms with E-state index >= 15 is 0 Å². The average Bonchev–Trinajstić information content (AvgIpc) is 2.55. The second kappa shape index (κ2) is 3.98. The Morgan fingerprint density at radius 1 is 0.455 bits per heavy atom. The van der Waals surface area contributed by atoms with E-state index in [0.717, 1.165) is 0 Å². The summed E-state index contributed by atoms with van der Waals surface area (Å²) >= 11 is 0. The average molecular weight is 280 g/mol. The van der Waals surface area contributed by atoms with Gasteiger partial charge in [-0.15, -0.1) is 0 Å². The van der Waals surface area contributed by atoms with Crippen LogP contribution in [0.15, 0.2) is 60.7 Å². The highest BCUT2D eigenvalue weighted by Crippen LogP contribution is 2.42. The van der Waals surface area contributed by atoms with Gasteiger partial charge in [-0.05, 0) is 68.1 Å². The molecule has 0 spiro atoms. The smallest absolute Gasteiger partial charge is 0.00236 e. The van der Waals surface area contributed by atoms with Crippen LogP contribution in [0.2, 0.25) is 0 Å². The van der Waals surface area contributed by atoms with E-state index in [1.807, 2.05) is 0 Å². The highest BCUT2D eigenvalue weighted by atomic mass is 14.2. The first-order chi connectivity index (χ1) is 10.8. The van der Waals surface area contributed by atoms with Crippen molar-refractivity contribution < 1.29 is 0 Å². The van der Waals surface area contributed by atoms with Gasteiger partial charge in [0.25, 0.3) is 0 Å². The number of hydrogen-bond acceptors (Lipinski definition) is 0. The quantitative estimate of drug-likeness (QED) is 0.229. The zero-order valence-electron chi connectivity index (χ0n) is 12.8. The Labute approximate surface area is 129 Å². The van der Waals surface area contributed by atoms with E-state index in [1.165, 1.54) is 54.2 Å². The van der Waals surface area contributed by atoms with E-state index in [1.54, 1.807) is 0 Å². The fourth-order valence-corrected chi connectivity index (χ4v) is 4.08. The Hall–Kier alpha value is -2.60. The zero-order chi connectivity index (χ0) is 14.8. The predicted octanol–water partition coefficient (Wildman–Crippen LogP) is 6.35. The largest absolute Gasteiger partial charge is 0.0610 e. The molecule has 0 heteroatoms. The first-order valence-corrected chi connectivity index (χ1v) is 7.81. The maximum absolute atomic E-state index is 2.28. The molecule has 0 aliphatic rings. The highest BCUT2D eigenvalue weighted by Gasteiger charge is 2.14. The SMILES string of the molecule is Cc1ccc2cccc3c4c(C)ccc5cccc(c1c23)c54. The van der Waals surface area contributed by atoms with Crippen LogP contribution in [0.3, 0.4) is 0 Å². The summed E-state index contributed by atoms with van der Waals surface area (Å²) in [5.74, 6) is 0. The Kier molecular flexibility index (Phi) is 2.17. The zero-order valence-corrected chi connectivity index (χ0v) is 12.8. The van der Waals surface area contributed by atoms with Crippen molar-refractivity contribution in [1.82, 2.24) is 0 Å². The molecule has 0 nitrogen and oxygen atoms in total. The summed E-state index contributed by atoms with van der Waals surface area (Å²) in [5, 5.41) is 11.1. The van der Waals surface area contributed by atoms with E-state index in [2.05, 4.69) is 74.5 Å². The van der Waals surface area contributed by atoms with Crippen LogP contribution in [0, 0.1) is 13.8 Å². The van der Waals surface area contributed by atoms with Gasteiger partial charge < -0.3 is 0 Å². The van der Waals surface area contributed by atoms with Crippen molar-refractivity contribution >= 4 is 43.1 Å². The molecule has 0 unspecified atom stereocenters. The number of rotatable bonds is 0. The van der Waals surface area contributed by atoms with Crippen LogP contribution in [0.25, 0.3) is 43.1 Å². The molecule has 0 amide bonds. The van der Waals surface area contributed by atoms with Crippen molar-refractivity contribution in [2.45, 2.75) is 13.8 Å². The molecule has 0 aliphatic heterocycles. The summed E-state index contributed by atoms with van der Waals surface area (Å²) in [6.07, 6.45) is 0. The summed E-state index contributed by atoms with van der Waals surface area (Å²) in [4.78, 5) is 0. The number of hydrogen-bond donors (Lipinski definition) is 0. The van der Waals surface area contributed by atoms with Gasteiger partial charge in [0.05, 0.1) is 0 Å². The second-order valence-corrected chi connectivity index (χ2v) is 6.32. The molecule has 0 heterocycles. The molecule has 104 valence electrons. The molecular formula is C22H16. The third kappa shape index (κ3) is 1.33. The molecule has 22 heavy (non-hydrogen) atoms. The highest BCUT2D eigenvalue weighted by molar-refractivity contribution is 6.34. The van der Waals surface area contributed by atoms with Crippen molar-refractivity contribution in [3.63, 3.8) is 0 Å². The van der Waals surface area contributed by atoms with Crippen LogP contribution in [0.1, 0.15) is 11.1 Å². The summed E-state index contributed by atoms with van der Waals surface area (Å²) in [7, 11) is 0. The molecule has 5 aromatic rings. The molecule has 0 saturated carbocycles. The third-order valence-corrected chi connectivity index (χ3v) is 5.05. The molecule has 0 aromatic heterocycles. The lowest BCUT2D eigenvalue weighted by Crippen LogP contribution is -1.90. The first-order valence-electron chi connectivity index (χ1n) is 7.81. The van der Waals surface area contributed by atoms with Crippen molar-refractivity contribution in [2.24, 2.45) is 0 Å². The topological polar surface area (TPSA) is 0 Å². The summed E-state index contributed by atoms with van der Waals surface area (Å²) < 4.78 is 0. The van der Waals surface area contributed by atoms with E-state index in [4.69, 9.17) is 0 Å². The summed E-state index contributed by atoms with van der Waals surface area (Å²) in [6.45, 7) is 4.45. The van der Waals surface area contributed by atoms with Gasteiger partial charge in [-0.25, -0.2) is 0 Å². The molecule has 5 aromatic carbocycles. The molecule has 0 aliphatic carbocycles. The summed E-state index contributed by atoms with van der Waals surface area (Å²) in [6, 6.07) is 22.4. The minimum absolute atomic E-state index is 1.34. The maximum Gasteiger partial charge on any atom is -0.00236 e. The molecule has 0 bridgehead atoms. The Balaban J connectivity index is 2.33. The van der Waals surface area contributed by atoms with Crippen molar-refractivity contribution in [1.29, 1.82) is 0 Å². The van der Waals surface area contributed by atoms with Crippen LogP contribution in [0.5, 0.6) is 0 Å². The van der Waals surface area contributed by atoms with Crippen LogP contribution >= 0.6 is 0 Å². The van der Waals surface area contributed by atoms with Gasteiger partial charge in [0, 0.05) is 0 Å². The summed E-state index contributed by atoms with van der Waals surface area (Å²) in [5.41, 5.74) is 2.72. The van der Waals surface area contributed by atoms with E-state index < -0.39 is 0 Å². The van der Waals surface area contributed by atoms with Gasteiger partial charge in [-0.1, -0.05) is 60.7 Å². The monoisotopic (exact) mass is 280 g/mol. The minimum atomic E-state index is 1.34. The van der Waals surface area contributed by atoms with E-state index in [9.17, 15) is 0 Å². The second-order valence-electron chi connectivity index (χ2n) is 6.32. The Bertz CT molecular complexity index is 1080. The van der Waals surface area contributed by atoms with Gasteiger partial charge >= 0.3 is 0 Å². The molecule has 5 rings (SSSR count).